The summed E-state index contributed by atoms with van der Waals surface area (Å²) in [5, 5.41) is 11.0. The average Bonchev–Trinajstić information content (AvgIpc) is 3.00. The molecule has 0 fully saturated rings. The standard InChI is InChI=1S/C17H15FN4O2S/c1-23-12-7-8-15(24-2)11(9-12)10-19-22-16(20-21-17(22)25)13-5-3-4-6-14(13)18/h3-10H,1-2H3,(H,21,25)/b19-10+. The fourth-order valence-electron chi connectivity index (χ4n) is 2.28. The maximum atomic E-state index is 14.1. The minimum Gasteiger partial charge on any atom is -0.497 e. The molecule has 0 aliphatic rings. The first-order valence-electron chi connectivity index (χ1n) is 7.32. The number of benzene rings is 2. The van der Waals surface area contributed by atoms with E-state index in [1.165, 1.54) is 10.7 Å². The van der Waals surface area contributed by atoms with Crippen LogP contribution in [0.5, 0.6) is 11.5 Å². The zero-order chi connectivity index (χ0) is 17.8. The second-order valence-electron chi connectivity index (χ2n) is 5.00. The number of halogens is 1. The van der Waals surface area contributed by atoms with Gasteiger partial charge in [-0.3, -0.25) is 0 Å². The molecule has 128 valence electrons. The van der Waals surface area contributed by atoms with Crippen molar-refractivity contribution in [2.45, 2.75) is 0 Å². The van der Waals surface area contributed by atoms with Crippen molar-refractivity contribution < 1.29 is 13.9 Å². The fraction of sp³-hybridized carbons (Fsp3) is 0.118. The third kappa shape index (κ3) is 3.43. The first-order chi connectivity index (χ1) is 12.1. The van der Waals surface area contributed by atoms with Crippen molar-refractivity contribution in [2.75, 3.05) is 14.2 Å². The lowest BCUT2D eigenvalue weighted by atomic mass is 10.2. The number of aromatic nitrogens is 3. The molecule has 1 N–H and O–H groups in total. The van der Waals surface area contributed by atoms with Gasteiger partial charge in [0.1, 0.15) is 17.3 Å². The van der Waals surface area contributed by atoms with Crippen LogP contribution in [0.4, 0.5) is 4.39 Å². The summed E-state index contributed by atoms with van der Waals surface area (Å²) in [6, 6.07) is 11.6. The summed E-state index contributed by atoms with van der Waals surface area (Å²) in [5.41, 5.74) is 0.981. The van der Waals surface area contributed by atoms with Crippen molar-refractivity contribution in [1.82, 2.24) is 14.9 Å². The van der Waals surface area contributed by atoms with Crippen LogP contribution in [0, 0.1) is 10.6 Å². The lowest BCUT2D eigenvalue weighted by Crippen LogP contribution is -1.98. The number of hydrogen-bond acceptors (Lipinski definition) is 5. The number of methoxy groups -OCH3 is 2. The molecular weight excluding hydrogens is 343 g/mol. The predicted octanol–water partition coefficient (Wildman–Crippen LogP) is 3.65. The highest BCUT2D eigenvalue weighted by molar-refractivity contribution is 7.71. The van der Waals surface area contributed by atoms with Crippen molar-refractivity contribution >= 4 is 18.4 Å². The number of ether oxygens (including phenoxy) is 2. The van der Waals surface area contributed by atoms with Gasteiger partial charge in [-0.05, 0) is 42.5 Å². The molecular formula is C17H15FN4O2S. The molecule has 3 aromatic rings. The van der Waals surface area contributed by atoms with E-state index in [0.717, 1.165) is 0 Å². The van der Waals surface area contributed by atoms with Gasteiger partial charge >= 0.3 is 0 Å². The van der Waals surface area contributed by atoms with Gasteiger partial charge in [-0.1, -0.05) is 12.1 Å². The first kappa shape index (κ1) is 16.8. The summed E-state index contributed by atoms with van der Waals surface area (Å²) < 4.78 is 26.2. The molecule has 6 nitrogen and oxygen atoms in total. The molecule has 25 heavy (non-hydrogen) atoms. The van der Waals surface area contributed by atoms with Crippen LogP contribution in [0.15, 0.2) is 47.6 Å². The van der Waals surface area contributed by atoms with E-state index < -0.39 is 5.82 Å². The third-order valence-corrected chi connectivity index (χ3v) is 3.78. The summed E-state index contributed by atoms with van der Waals surface area (Å²) in [4.78, 5) is 0. The number of hydrogen-bond donors (Lipinski definition) is 1. The Labute approximate surface area is 148 Å². The van der Waals surface area contributed by atoms with E-state index >= 15 is 0 Å². The Morgan fingerprint density at radius 1 is 1.20 bits per heavy atom. The fourth-order valence-corrected chi connectivity index (χ4v) is 2.46. The SMILES string of the molecule is COc1ccc(OC)c(/C=N/n2c(-c3ccccc3F)n[nH]c2=S)c1. The molecule has 0 unspecified atom stereocenters. The van der Waals surface area contributed by atoms with Gasteiger partial charge < -0.3 is 9.47 Å². The summed E-state index contributed by atoms with van der Waals surface area (Å²) in [5.74, 6) is 1.15. The highest BCUT2D eigenvalue weighted by Crippen LogP contribution is 2.23. The summed E-state index contributed by atoms with van der Waals surface area (Å²) in [7, 11) is 3.14. The van der Waals surface area contributed by atoms with Crippen LogP contribution in [0.2, 0.25) is 0 Å². The van der Waals surface area contributed by atoms with Gasteiger partial charge in [0, 0.05) is 5.56 Å². The molecule has 0 saturated heterocycles. The van der Waals surface area contributed by atoms with Gasteiger partial charge in [0.25, 0.3) is 0 Å². The Morgan fingerprint density at radius 3 is 2.72 bits per heavy atom. The van der Waals surface area contributed by atoms with Crippen molar-refractivity contribution in [3.05, 3.63) is 58.6 Å². The number of rotatable bonds is 5. The van der Waals surface area contributed by atoms with Crippen LogP contribution in [-0.4, -0.2) is 35.3 Å². The van der Waals surface area contributed by atoms with E-state index in [9.17, 15) is 4.39 Å². The normalized spacial score (nSPS) is 11.0. The van der Waals surface area contributed by atoms with Crippen molar-refractivity contribution in [1.29, 1.82) is 0 Å². The lowest BCUT2D eigenvalue weighted by Gasteiger charge is -2.07. The highest BCUT2D eigenvalue weighted by atomic mass is 32.1. The quantitative estimate of drug-likeness (QED) is 0.559. The molecule has 2 aromatic carbocycles. The van der Waals surface area contributed by atoms with Crippen molar-refractivity contribution in [3.8, 4) is 22.9 Å². The first-order valence-corrected chi connectivity index (χ1v) is 7.73. The largest absolute Gasteiger partial charge is 0.497 e. The van der Waals surface area contributed by atoms with Crippen LogP contribution in [0.25, 0.3) is 11.4 Å². The van der Waals surface area contributed by atoms with E-state index in [1.807, 2.05) is 0 Å². The minimum absolute atomic E-state index is 0.247. The minimum atomic E-state index is -0.410. The van der Waals surface area contributed by atoms with Crippen molar-refractivity contribution in [2.24, 2.45) is 5.10 Å². The van der Waals surface area contributed by atoms with Gasteiger partial charge in [-0.2, -0.15) is 14.9 Å². The van der Waals surface area contributed by atoms with Gasteiger partial charge in [-0.25, -0.2) is 9.49 Å². The van der Waals surface area contributed by atoms with E-state index in [2.05, 4.69) is 15.3 Å². The monoisotopic (exact) mass is 358 g/mol. The molecule has 3 rings (SSSR count). The van der Waals surface area contributed by atoms with Crippen LogP contribution in [0.3, 0.4) is 0 Å². The lowest BCUT2D eigenvalue weighted by molar-refractivity contribution is 0.402. The van der Waals surface area contributed by atoms with Gasteiger partial charge in [0.2, 0.25) is 4.77 Å². The van der Waals surface area contributed by atoms with E-state index in [0.29, 0.717) is 22.6 Å². The average molecular weight is 358 g/mol. The zero-order valence-corrected chi connectivity index (χ0v) is 14.4. The number of H-pyrrole nitrogens is 1. The molecule has 8 heteroatoms. The van der Waals surface area contributed by atoms with Crippen LogP contribution in [-0.2, 0) is 0 Å². The molecule has 0 spiro atoms. The molecule has 0 atom stereocenters. The molecule has 0 radical (unpaired) electrons. The van der Waals surface area contributed by atoms with Crippen LogP contribution >= 0.6 is 12.2 Å². The van der Waals surface area contributed by atoms with E-state index in [4.69, 9.17) is 21.7 Å². The van der Waals surface area contributed by atoms with E-state index in [-0.39, 0.29) is 10.6 Å². The van der Waals surface area contributed by atoms with Gasteiger partial charge in [0.15, 0.2) is 5.82 Å². The van der Waals surface area contributed by atoms with Crippen LogP contribution in [0.1, 0.15) is 5.56 Å². The molecule has 1 aromatic heterocycles. The second kappa shape index (κ2) is 7.27. The third-order valence-electron chi connectivity index (χ3n) is 3.51. The highest BCUT2D eigenvalue weighted by Gasteiger charge is 2.12. The Morgan fingerprint density at radius 2 is 2.00 bits per heavy atom. The molecule has 0 bridgehead atoms. The maximum absolute atomic E-state index is 14.1. The number of nitrogens with one attached hydrogen (secondary N) is 1. The summed E-state index contributed by atoms with van der Waals surface area (Å²) in [6.45, 7) is 0. The second-order valence-corrected chi connectivity index (χ2v) is 5.38. The molecule has 0 amide bonds. The molecule has 1 heterocycles. The Bertz CT molecular complexity index is 981. The Hall–Kier alpha value is -3.00. The Kier molecular flexibility index (Phi) is 4.90. The number of aromatic amines is 1. The maximum Gasteiger partial charge on any atom is 0.216 e. The molecule has 0 aliphatic carbocycles. The van der Waals surface area contributed by atoms with Gasteiger partial charge in [0.05, 0.1) is 26.0 Å². The topological polar surface area (TPSA) is 64.4 Å². The molecule has 0 aliphatic heterocycles. The Balaban J connectivity index is 2.05. The zero-order valence-electron chi connectivity index (χ0n) is 13.6. The van der Waals surface area contributed by atoms with Gasteiger partial charge in [-0.15, -0.1) is 0 Å². The van der Waals surface area contributed by atoms with Crippen molar-refractivity contribution in [3.63, 3.8) is 0 Å². The smallest absolute Gasteiger partial charge is 0.216 e. The molecule has 0 saturated carbocycles. The summed E-state index contributed by atoms with van der Waals surface area (Å²) in [6.07, 6.45) is 1.55. The van der Waals surface area contributed by atoms with E-state index in [1.54, 1.807) is 56.8 Å². The van der Waals surface area contributed by atoms with Crippen LogP contribution < -0.4 is 9.47 Å². The number of nitrogens with zero attached hydrogens (tertiary/aromatic N) is 3. The predicted molar refractivity (Wildman–Crippen MR) is 95.3 cm³/mol. The summed E-state index contributed by atoms with van der Waals surface area (Å²) >= 11 is 5.19.